The van der Waals surface area contributed by atoms with Crippen LogP contribution in [-0.2, 0) is 21.2 Å². The first kappa shape index (κ1) is 18.0. The fourth-order valence-electron chi connectivity index (χ4n) is 4.79. The van der Waals surface area contributed by atoms with Crippen LogP contribution in [0.25, 0.3) is 0 Å². The third kappa shape index (κ3) is 3.96. The molecule has 6 heteroatoms. The SMILES string of the molecule is O=C(C1CCS(=O)(=O)CC1)N1C[C@H]2CC[C@@H]1CN(Cc1ccccc1)C2. The van der Waals surface area contributed by atoms with Gasteiger partial charge >= 0.3 is 0 Å². The molecule has 5 rings (SSSR count). The van der Waals surface area contributed by atoms with E-state index in [4.69, 9.17) is 0 Å². The lowest BCUT2D eigenvalue weighted by Gasteiger charge is -2.39. The largest absolute Gasteiger partial charge is 0.338 e. The predicted molar refractivity (Wildman–Crippen MR) is 101 cm³/mol. The third-order valence-corrected chi connectivity index (χ3v) is 7.94. The minimum Gasteiger partial charge on any atom is -0.338 e. The monoisotopic (exact) mass is 376 g/mol. The van der Waals surface area contributed by atoms with E-state index in [1.54, 1.807) is 0 Å². The third-order valence-electron chi connectivity index (χ3n) is 6.23. The molecule has 2 atom stereocenters. The molecular weight excluding hydrogens is 348 g/mol. The predicted octanol–water partition coefficient (Wildman–Crippen LogP) is 1.93. The van der Waals surface area contributed by atoms with Crippen molar-refractivity contribution in [2.24, 2.45) is 11.8 Å². The van der Waals surface area contributed by atoms with Crippen molar-refractivity contribution in [2.75, 3.05) is 31.1 Å². The molecule has 4 aliphatic rings. The molecule has 1 aromatic carbocycles. The number of carbonyl (C=O) groups is 1. The molecule has 2 bridgehead atoms. The van der Waals surface area contributed by atoms with Gasteiger partial charge in [0.15, 0.2) is 0 Å². The Balaban J connectivity index is 1.42. The summed E-state index contributed by atoms with van der Waals surface area (Å²) in [5.74, 6) is 0.988. The van der Waals surface area contributed by atoms with E-state index in [0.29, 0.717) is 18.8 Å². The van der Waals surface area contributed by atoms with Crippen LogP contribution in [0.4, 0.5) is 0 Å². The standard InChI is InChI=1S/C20H28N2O3S/c23-20(18-8-10-26(24,25)11-9-18)22-14-17-6-7-19(22)15-21(13-17)12-16-4-2-1-3-5-16/h1-5,17-19H,6-15H2/t17-,19+/m0/s1. The summed E-state index contributed by atoms with van der Waals surface area (Å²) in [6, 6.07) is 10.8. The normalized spacial score (nSPS) is 29.5. The van der Waals surface area contributed by atoms with E-state index in [2.05, 4.69) is 34.1 Å². The van der Waals surface area contributed by atoms with Gasteiger partial charge in [-0.05, 0) is 37.2 Å². The maximum Gasteiger partial charge on any atom is 0.226 e. The van der Waals surface area contributed by atoms with E-state index in [1.165, 1.54) is 12.0 Å². The first-order valence-electron chi connectivity index (χ1n) is 9.77. The Labute approximate surface area is 156 Å². The van der Waals surface area contributed by atoms with Crippen molar-refractivity contribution >= 4 is 15.7 Å². The number of piperidine rings is 1. The molecule has 0 unspecified atom stereocenters. The molecule has 1 aromatic rings. The maximum atomic E-state index is 13.1. The van der Waals surface area contributed by atoms with Crippen molar-refractivity contribution in [1.82, 2.24) is 9.80 Å². The van der Waals surface area contributed by atoms with Crippen LogP contribution in [0.1, 0.15) is 31.2 Å². The van der Waals surface area contributed by atoms with Crippen LogP contribution in [0.5, 0.6) is 0 Å². The highest BCUT2D eigenvalue weighted by molar-refractivity contribution is 7.91. The van der Waals surface area contributed by atoms with Crippen molar-refractivity contribution in [3.8, 4) is 0 Å². The molecule has 4 aliphatic heterocycles. The summed E-state index contributed by atoms with van der Waals surface area (Å²) in [5, 5.41) is 0. The second-order valence-electron chi connectivity index (χ2n) is 8.19. The molecule has 5 nitrogen and oxygen atoms in total. The minimum absolute atomic E-state index is 0.0968. The van der Waals surface area contributed by atoms with Gasteiger partial charge in [0.1, 0.15) is 9.84 Å². The van der Waals surface area contributed by atoms with Gasteiger partial charge < -0.3 is 4.90 Å². The van der Waals surface area contributed by atoms with Crippen molar-refractivity contribution < 1.29 is 13.2 Å². The Hall–Kier alpha value is -1.40. The summed E-state index contributed by atoms with van der Waals surface area (Å²) in [6.45, 7) is 3.77. The molecular formula is C20H28N2O3S. The van der Waals surface area contributed by atoms with Gasteiger partial charge in [0.05, 0.1) is 11.5 Å². The van der Waals surface area contributed by atoms with Gasteiger partial charge in [-0.2, -0.15) is 0 Å². The van der Waals surface area contributed by atoms with Crippen LogP contribution in [0.3, 0.4) is 0 Å². The Morgan fingerprint density at radius 1 is 0.962 bits per heavy atom. The zero-order valence-corrected chi connectivity index (χ0v) is 16.0. The number of rotatable bonds is 3. The molecule has 0 aliphatic carbocycles. The van der Waals surface area contributed by atoms with E-state index < -0.39 is 9.84 Å². The second kappa shape index (κ2) is 7.31. The summed E-state index contributed by atoms with van der Waals surface area (Å²) in [4.78, 5) is 17.7. The van der Waals surface area contributed by atoms with Crippen LogP contribution in [0.15, 0.2) is 30.3 Å². The quantitative estimate of drug-likeness (QED) is 0.809. The summed E-state index contributed by atoms with van der Waals surface area (Å²) >= 11 is 0. The zero-order valence-electron chi connectivity index (χ0n) is 15.2. The van der Waals surface area contributed by atoms with Gasteiger partial charge in [-0.25, -0.2) is 8.42 Å². The van der Waals surface area contributed by atoms with Crippen LogP contribution in [0.2, 0.25) is 0 Å². The lowest BCUT2D eigenvalue weighted by molar-refractivity contribution is -0.140. The van der Waals surface area contributed by atoms with Crippen LogP contribution in [-0.4, -0.2) is 61.3 Å². The molecule has 0 saturated carbocycles. The summed E-state index contributed by atoms with van der Waals surface area (Å²) in [6.07, 6.45) is 3.27. The smallest absolute Gasteiger partial charge is 0.226 e. The number of nitrogens with zero attached hydrogens (tertiary/aromatic N) is 2. The molecule has 4 heterocycles. The summed E-state index contributed by atoms with van der Waals surface area (Å²) in [5.41, 5.74) is 1.32. The van der Waals surface area contributed by atoms with Gasteiger partial charge in [-0.15, -0.1) is 0 Å². The number of sulfone groups is 1. The number of fused-ring (bicyclic) bond motifs is 4. The van der Waals surface area contributed by atoms with E-state index in [9.17, 15) is 13.2 Å². The van der Waals surface area contributed by atoms with Gasteiger partial charge in [0, 0.05) is 38.1 Å². The molecule has 26 heavy (non-hydrogen) atoms. The Morgan fingerprint density at radius 3 is 2.42 bits per heavy atom. The molecule has 4 saturated heterocycles. The van der Waals surface area contributed by atoms with Crippen molar-refractivity contribution in [3.63, 3.8) is 0 Å². The average Bonchev–Trinajstić information content (AvgIpc) is 2.92. The molecule has 142 valence electrons. The Bertz CT molecular complexity index is 736. The summed E-state index contributed by atoms with van der Waals surface area (Å²) < 4.78 is 23.3. The van der Waals surface area contributed by atoms with Crippen molar-refractivity contribution in [3.05, 3.63) is 35.9 Å². The lowest BCUT2D eigenvalue weighted by atomic mass is 9.92. The van der Waals surface area contributed by atoms with Crippen molar-refractivity contribution in [2.45, 2.75) is 38.3 Å². The summed E-state index contributed by atoms with van der Waals surface area (Å²) in [7, 11) is -2.92. The maximum absolute atomic E-state index is 13.1. The highest BCUT2D eigenvalue weighted by Crippen LogP contribution is 2.31. The fraction of sp³-hybridized carbons (Fsp3) is 0.650. The Kier molecular flexibility index (Phi) is 5.06. The molecule has 1 amide bonds. The van der Waals surface area contributed by atoms with Crippen LogP contribution >= 0.6 is 0 Å². The molecule has 0 aromatic heterocycles. The molecule has 4 fully saturated rings. The molecule has 0 spiro atoms. The van der Waals surface area contributed by atoms with E-state index in [0.717, 1.165) is 32.6 Å². The number of amides is 1. The van der Waals surface area contributed by atoms with Gasteiger partial charge in [-0.3, -0.25) is 9.69 Å². The van der Waals surface area contributed by atoms with Crippen LogP contribution in [0, 0.1) is 11.8 Å². The zero-order chi connectivity index (χ0) is 18.1. The number of hydrogen-bond acceptors (Lipinski definition) is 4. The highest BCUT2D eigenvalue weighted by atomic mass is 32.2. The first-order chi connectivity index (χ1) is 12.5. The highest BCUT2D eigenvalue weighted by Gasteiger charge is 2.40. The first-order valence-corrected chi connectivity index (χ1v) is 11.6. The Morgan fingerprint density at radius 2 is 1.69 bits per heavy atom. The average molecular weight is 377 g/mol. The van der Waals surface area contributed by atoms with E-state index in [-0.39, 0.29) is 29.4 Å². The number of benzene rings is 1. The number of carbonyl (C=O) groups excluding carboxylic acids is 1. The van der Waals surface area contributed by atoms with Gasteiger partial charge in [0.25, 0.3) is 0 Å². The van der Waals surface area contributed by atoms with Gasteiger partial charge in [-0.1, -0.05) is 30.3 Å². The minimum atomic E-state index is -2.92. The topological polar surface area (TPSA) is 57.7 Å². The van der Waals surface area contributed by atoms with Crippen molar-refractivity contribution in [1.29, 1.82) is 0 Å². The molecule has 0 N–H and O–H groups in total. The van der Waals surface area contributed by atoms with E-state index in [1.807, 2.05) is 6.07 Å². The lowest BCUT2D eigenvalue weighted by Crippen LogP contribution is -2.50. The second-order valence-corrected chi connectivity index (χ2v) is 10.5. The molecule has 0 radical (unpaired) electrons. The van der Waals surface area contributed by atoms with Crippen LogP contribution < -0.4 is 0 Å². The fourth-order valence-corrected chi connectivity index (χ4v) is 6.28. The number of hydrogen-bond donors (Lipinski definition) is 0. The van der Waals surface area contributed by atoms with E-state index >= 15 is 0 Å². The van der Waals surface area contributed by atoms with Gasteiger partial charge in [0.2, 0.25) is 5.91 Å².